The largest absolute Gasteiger partial charge is 0.507 e. The Morgan fingerprint density at radius 2 is 1.74 bits per heavy atom. The van der Waals surface area contributed by atoms with Gasteiger partial charge < -0.3 is 19.7 Å². The van der Waals surface area contributed by atoms with Gasteiger partial charge in [-0.05, 0) is 68.2 Å². The molecule has 0 saturated carbocycles. The number of anilines is 1. The molecule has 3 aromatic rings. The molecule has 0 bridgehead atoms. The third-order valence-corrected chi connectivity index (χ3v) is 6.56. The molecule has 2 aromatic carbocycles. The maximum absolute atomic E-state index is 13.3. The lowest BCUT2D eigenvalue weighted by Gasteiger charge is -2.34. The lowest BCUT2D eigenvalue weighted by Crippen LogP contribution is -2.43. The van der Waals surface area contributed by atoms with Crippen LogP contribution in [0.5, 0.6) is 5.75 Å². The van der Waals surface area contributed by atoms with Gasteiger partial charge in [-0.25, -0.2) is 0 Å². The van der Waals surface area contributed by atoms with Gasteiger partial charge in [0.2, 0.25) is 0 Å². The molecule has 1 amide bonds. The van der Waals surface area contributed by atoms with E-state index >= 15 is 0 Å². The summed E-state index contributed by atoms with van der Waals surface area (Å²) in [6.07, 6.45) is 3.08. The number of nitrogens with one attached hydrogen (secondary N) is 1. The monoisotopic (exact) mass is 495 g/mol. The minimum absolute atomic E-state index is 0. The van der Waals surface area contributed by atoms with Crippen LogP contribution in [0.4, 0.5) is 5.69 Å². The second-order valence-corrected chi connectivity index (χ2v) is 8.46. The maximum Gasteiger partial charge on any atom is 0.299 e. The van der Waals surface area contributed by atoms with Crippen LogP contribution < -0.4 is 15.0 Å². The van der Waals surface area contributed by atoms with E-state index in [1.54, 1.807) is 54.5 Å². The number of hydrogen-bond acceptors (Lipinski definition) is 7. The zero-order chi connectivity index (χ0) is 23.7. The van der Waals surface area contributed by atoms with E-state index in [9.17, 15) is 14.7 Å². The fraction of sp³-hybridized carbons (Fsp3) is 0.269. The number of hydrogen-bond donors (Lipinski definition) is 2. The number of ether oxygens (including phenoxy) is 1. The Labute approximate surface area is 209 Å². The smallest absolute Gasteiger partial charge is 0.299 e. The van der Waals surface area contributed by atoms with Gasteiger partial charge in [0.1, 0.15) is 23.5 Å². The number of ketones is 1. The first kappa shape index (κ1) is 24.5. The molecule has 182 valence electrons. The number of methoxy groups -OCH3 is 1. The van der Waals surface area contributed by atoms with Gasteiger partial charge >= 0.3 is 0 Å². The van der Waals surface area contributed by atoms with Gasteiger partial charge in [0.15, 0.2) is 0 Å². The van der Waals surface area contributed by atoms with Crippen molar-refractivity contribution >= 4 is 35.5 Å². The predicted octanol–water partition coefficient (Wildman–Crippen LogP) is 4.03. The van der Waals surface area contributed by atoms with Crippen molar-refractivity contribution in [1.82, 2.24) is 10.5 Å². The highest BCUT2D eigenvalue weighted by atomic mass is 35.5. The van der Waals surface area contributed by atoms with E-state index in [1.165, 1.54) is 6.26 Å². The molecule has 0 radical (unpaired) electrons. The van der Waals surface area contributed by atoms with Crippen LogP contribution in [-0.2, 0) is 9.59 Å². The van der Waals surface area contributed by atoms with Crippen molar-refractivity contribution in [1.29, 1.82) is 0 Å². The number of aliphatic hydroxyl groups is 1. The van der Waals surface area contributed by atoms with Crippen molar-refractivity contribution in [2.75, 3.05) is 25.1 Å². The van der Waals surface area contributed by atoms with E-state index in [4.69, 9.17) is 9.26 Å². The van der Waals surface area contributed by atoms with E-state index in [-0.39, 0.29) is 29.7 Å². The fourth-order valence-electron chi connectivity index (χ4n) is 4.80. The average molecular weight is 496 g/mol. The van der Waals surface area contributed by atoms with E-state index < -0.39 is 17.7 Å². The summed E-state index contributed by atoms with van der Waals surface area (Å²) in [5, 5.41) is 18.5. The third-order valence-electron chi connectivity index (χ3n) is 6.56. The minimum atomic E-state index is -0.669. The van der Waals surface area contributed by atoms with Gasteiger partial charge in [-0.1, -0.05) is 17.3 Å². The van der Waals surface area contributed by atoms with Crippen LogP contribution in [0.2, 0.25) is 0 Å². The minimum Gasteiger partial charge on any atom is -0.507 e. The van der Waals surface area contributed by atoms with E-state index in [1.807, 2.05) is 12.1 Å². The molecule has 35 heavy (non-hydrogen) atoms. The Kier molecular flexibility index (Phi) is 7.23. The summed E-state index contributed by atoms with van der Waals surface area (Å²) in [7, 11) is 1.56. The Hall–Kier alpha value is -3.62. The number of Topliss-reactive ketones (excluding diaryl/α,β-unsaturated/α-hetero) is 1. The maximum atomic E-state index is 13.3. The summed E-state index contributed by atoms with van der Waals surface area (Å²) >= 11 is 0. The number of aromatic nitrogens is 1. The van der Waals surface area contributed by atoms with Crippen molar-refractivity contribution in [3.05, 3.63) is 72.0 Å². The number of halogens is 1. The molecule has 5 rings (SSSR count). The number of aliphatic hydroxyl groups excluding tert-OH is 1. The summed E-state index contributed by atoms with van der Waals surface area (Å²) < 4.78 is 10.1. The number of carbonyl (C=O) groups is 2. The molecular formula is C26H26ClN3O5. The standard InChI is InChI=1S/C26H25N3O5.ClH/c1-33-20-8-4-18(5-9-20)24(30)22-23(17-10-13-27-14-11-17)29(26(32)25(22)31)19-6-2-16(3-7-19)21-12-15-34-28-21;/h2-9,12,15,17,23,27,30H,10-11,13-14H2,1H3;1H. The van der Waals surface area contributed by atoms with Crippen LogP contribution in [0, 0.1) is 5.92 Å². The summed E-state index contributed by atoms with van der Waals surface area (Å²) in [4.78, 5) is 28.1. The fourth-order valence-corrected chi connectivity index (χ4v) is 4.80. The molecule has 2 N–H and O–H groups in total. The summed E-state index contributed by atoms with van der Waals surface area (Å²) in [5.41, 5.74) is 2.75. The van der Waals surface area contributed by atoms with Gasteiger partial charge in [-0.3, -0.25) is 14.5 Å². The molecule has 2 saturated heterocycles. The van der Waals surface area contributed by atoms with Crippen molar-refractivity contribution in [3.63, 3.8) is 0 Å². The molecule has 0 spiro atoms. The first-order chi connectivity index (χ1) is 16.6. The van der Waals surface area contributed by atoms with E-state index in [0.29, 0.717) is 22.7 Å². The normalized spacial score (nSPS) is 20.0. The van der Waals surface area contributed by atoms with Crippen LogP contribution in [0.25, 0.3) is 17.0 Å². The molecule has 1 aromatic heterocycles. The van der Waals surface area contributed by atoms with Crippen molar-refractivity contribution in [3.8, 4) is 17.0 Å². The van der Waals surface area contributed by atoms with Crippen molar-refractivity contribution < 1.29 is 24.0 Å². The summed E-state index contributed by atoms with van der Waals surface area (Å²) in [5.74, 6) is -0.794. The summed E-state index contributed by atoms with van der Waals surface area (Å²) in [6, 6.07) is 15.3. The quantitative estimate of drug-likeness (QED) is 0.313. The van der Waals surface area contributed by atoms with Crippen LogP contribution in [0.15, 0.2) is 71.0 Å². The van der Waals surface area contributed by atoms with Gasteiger partial charge in [-0.15, -0.1) is 12.4 Å². The molecule has 2 fully saturated rings. The number of nitrogens with zero attached hydrogens (tertiary/aromatic N) is 2. The average Bonchev–Trinajstić information content (AvgIpc) is 3.52. The first-order valence-corrected chi connectivity index (χ1v) is 11.3. The first-order valence-electron chi connectivity index (χ1n) is 11.3. The topological polar surface area (TPSA) is 105 Å². The van der Waals surface area contributed by atoms with Gasteiger partial charge in [-0.2, -0.15) is 0 Å². The second kappa shape index (κ2) is 10.3. The molecule has 2 aliphatic heterocycles. The highest BCUT2D eigenvalue weighted by Crippen LogP contribution is 2.39. The SMILES string of the molecule is COc1ccc(C(O)=C2C(=O)C(=O)N(c3ccc(-c4ccon4)cc3)C2C2CCNCC2)cc1.Cl. The van der Waals surface area contributed by atoms with Gasteiger partial charge in [0, 0.05) is 22.9 Å². The Morgan fingerprint density at radius 1 is 1.06 bits per heavy atom. The van der Waals surface area contributed by atoms with Crippen LogP contribution >= 0.6 is 12.4 Å². The Balaban J connectivity index is 0.00000289. The third kappa shape index (κ3) is 4.54. The van der Waals surface area contributed by atoms with Crippen molar-refractivity contribution in [2.24, 2.45) is 5.92 Å². The van der Waals surface area contributed by atoms with Gasteiger partial charge in [0.05, 0.1) is 18.7 Å². The molecule has 1 unspecified atom stereocenters. The molecule has 9 heteroatoms. The van der Waals surface area contributed by atoms with E-state index in [0.717, 1.165) is 31.5 Å². The molecule has 3 heterocycles. The van der Waals surface area contributed by atoms with Crippen LogP contribution in [0.1, 0.15) is 18.4 Å². The number of rotatable bonds is 5. The van der Waals surface area contributed by atoms with Gasteiger partial charge in [0.25, 0.3) is 11.7 Å². The lowest BCUT2D eigenvalue weighted by atomic mass is 9.84. The predicted molar refractivity (Wildman–Crippen MR) is 134 cm³/mol. The Bertz CT molecular complexity index is 1220. The molecule has 2 aliphatic rings. The number of carbonyl (C=O) groups excluding carboxylic acids is 2. The molecule has 0 aliphatic carbocycles. The van der Waals surface area contributed by atoms with Crippen LogP contribution in [-0.4, -0.2) is 48.2 Å². The van der Waals surface area contributed by atoms with Crippen LogP contribution in [0.3, 0.4) is 0 Å². The number of benzene rings is 2. The molecule has 1 atom stereocenters. The highest BCUT2D eigenvalue weighted by Gasteiger charge is 2.49. The zero-order valence-corrected chi connectivity index (χ0v) is 20.0. The lowest BCUT2D eigenvalue weighted by molar-refractivity contribution is -0.132. The molecular weight excluding hydrogens is 470 g/mol. The summed E-state index contributed by atoms with van der Waals surface area (Å²) in [6.45, 7) is 1.58. The number of piperidine rings is 1. The number of amides is 1. The molecule has 8 nitrogen and oxygen atoms in total. The Morgan fingerprint density at radius 3 is 2.34 bits per heavy atom. The van der Waals surface area contributed by atoms with E-state index in [2.05, 4.69) is 10.5 Å². The van der Waals surface area contributed by atoms with Crippen molar-refractivity contribution in [2.45, 2.75) is 18.9 Å². The zero-order valence-electron chi connectivity index (χ0n) is 19.1. The highest BCUT2D eigenvalue weighted by molar-refractivity contribution is 6.51. The second-order valence-electron chi connectivity index (χ2n) is 8.46.